The standard InChI is InChI=1S/C14H25N5S/c1-15-12-9-13(17-14(16-12)20-4)19(3)10-11-5-7-18(2)8-6-11/h9,11H,5-8,10H2,1-4H3,(H,15,16,17). The molecular weight excluding hydrogens is 270 g/mol. The lowest BCUT2D eigenvalue weighted by Crippen LogP contribution is -2.36. The molecule has 2 heterocycles. The number of thioether (sulfide) groups is 1. The lowest BCUT2D eigenvalue weighted by atomic mass is 9.97. The predicted octanol–water partition coefficient (Wildman–Crippen LogP) is 2.02. The Balaban J connectivity index is 2.02. The molecule has 112 valence electrons. The van der Waals surface area contributed by atoms with Crippen molar-refractivity contribution in [3.63, 3.8) is 0 Å². The molecule has 0 unspecified atom stereocenters. The molecular formula is C14H25N5S. The Morgan fingerprint density at radius 1 is 1.40 bits per heavy atom. The highest BCUT2D eigenvalue weighted by Gasteiger charge is 2.19. The summed E-state index contributed by atoms with van der Waals surface area (Å²) in [5.41, 5.74) is 0. The van der Waals surface area contributed by atoms with E-state index < -0.39 is 0 Å². The zero-order chi connectivity index (χ0) is 14.5. The first-order valence-electron chi connectivity index (χ1n) is 7.13. The molecule has 1 aliphatic heterocycles. The summed E-state index contributed by atoms with van der Waals surface area (Å²) in [6, 6.07) is 2.02. The summed E-state index contributed by atoms with van der Waals surface area (Å²) < 4.78 is 0. The summed E-state index contributed by atoms with van der Waals surface area (Å²) in [6.45, 7) is 3.49. The molecule has 1 aromatic heterocycles. The highest BCUT2D eigenvalue weighted by atomic mass is 32.2. The lowest BCUT2D eigenvalue weighted by Gasteiger charge is -2.32. The molecule has 0 radical (unpaired) electrons. The first kappa shape index (κ1) is 15.4. The summed E-state index contributed by atoms with van der Waals surface area (Å²) in [5.74, 6) is 2.66. The van der Waals surface area contributed by atoms with Gasteiger partial charge < -0.3 is 15.1 Å². The largest absolute Gasteiger partial charge is 0.373 e. The van der Waals surface area contributed by atoms with Gasteiger partial charge in [-0.3, -0.25) is 0 Å². The number of hydrogen-bond acceptors (Lipinski definition) is 6. The van der Waals surface area contributed by atoms with E-state index in [0.29, 0.717) is 0 Å². The normalized spacial score (nSPS) is 17.2. The minimum absolute atomic E-state index is 0.766. The van der Waals surface area contributed by atoms with Crippen molar-refractivity contribution in [2.75, 3.05) is 57.2 Å². The second-order valence-corrected chi connectivity index (χ2v) is 6.25. The molecule has 1 N–H and O–H groups in total. The maximum Gasteiger partial charge on any atom is 0.191 e. The third kappa shape index (κ3) is 3.99. The van der Waals surface area contributed by atoms with Gasteiger partial charge in [0, 0.05) is 26.7 Å². The van der Waals surface area contributed by atoms with Gasteiger partial charge in [-0.05, 0) is 45.2 Å². The van der Waals surface area contributed by atoms with E-state index in [4.69, 9.17) is 0 Å². The number of hydrogen-bond donors (Lipinski definition) is 1. The summed E-state index contributed by atoms with van der Waals surface area (Å²) in [4.78, 5) is 13.7. The summed E-state index contributed by atoms with van der Waals surface area (Å²) in [5, 5.41) is 3.93. The van der Waals surface area contributed by atoms with Crippen LogP contribution in [0.1, 0.15) is 12.8 Å². The number of rotatable bonds is 5. The van der Waals surface area contributed by atoms with Crippen molar-refractivity contribution in [3.05, 3.63) is 6.07 Å². The van der Waals surface area contributed by atoms with E-state index in [-0.39, 0.29) is 0 Å². The molecule has 20 heavy (non-hydrogen) atoms. The molecule has 2 rings (SSSR count). The van der Waals surface area contributed by atoms with Crippen LogP contribution >= 0.6 is 11.8 Å². The Morgan fingerprint density at radius 3 is 2.70 bits per heavy atom. The fourth-order valence-electron chi connectivity index (χ4n) is 2.55. The van der Waals surface area contributed by atoms with Crippen molar-refractivity contribution in [1.29, 1.82) is 0 Å². The SMILES string of the molecule is CNc1cc(N(C)CC2CCN(C)CC2)nc(SC)n1. The van der Waals surface area contributed by atoms with E-state index in [0.717, 1.165) is 29.3 Å². The van der Waals surface area contributed by atoms with E-state index in [1.165, 1.54) is 25.9 Å². The molecule has 1 fully saturated rings. The molecule has 0 atom stereocenters. The molecule has 0 amide bonds. The predicted molar refractivity (Wildman–Crippen MR) is 86.9 cm³/mol. The molecule has 0 aromatic carbocycles. The van der Waals surface area contributed by atoms with Crippen LogP contribution in [0.2, 0.25) is 0 Å². The van der Waals surface area contributed by atoms with Gasteiger partial charge in [0.25, 0.3) is 0 Å². The maximum atomic E-state index is 4.61. The number of likely N-dealkylation sites (tertiary alicyclic amines) is 1. The van der Waals surface area contributed by atoms with Crippen LogP contribution in [0.25, 0.3) is 0 Å². The van der Waals surface area contributed by atoms with Gasteiger partial charge in [0.05, 0.1) is 0 Å². The van der Waals surface area contributed by atoms with E-state index in [2.05, 4.69) is 39.2 Å². The van der Waals surface area contributed by atoms with Gasteiger partial charge in [-0.2, -0.15) is 0 Å². The Hall–Kier alpha value is -1.01. The summed E-state index contributed by atoms with van der Waals surface area (Å²) in [7, 11) is 6.23. The van der Waals surface area contributed by atoms with Gasteiger partial charge in [-0.15, -0.1) is 0 Å². The van der Waals surface area contributed by atoms with Crippen molar-refractivity contribution in [2.24, 2.45) is 5.92 Å². The van der Waals surface area contributed by atoms with Crippen LogP contribution in [0.3, 0.4) is 0 Å². The minimum atomic E-state index is 0.766. The quantitative estimate of drug-likeness (QED) is 0.662. The number of nitrogens with zero attached hydrogens (tertiary/aromatic N) is 4. The highest BCUT2D eigenvalue weighted by molar-refractivity contribution is 7.98. The molecule has 0 saturated carbocycles. The summed E-state index contributed by atoms with van der Waals surface area (Å²) >= 11 is 1.58. The first-order valence-corrected chi connectivity index (χ1v) is 8.35. The average molecular weight is 295 g/mol. The molecule has 5 nitrogen and oxygen atoms in total. The van der Waals surface area contributed by atoms with Gasteiger partial charge in [0.1, 0.15) is 11.6 Å². The molecule has 1 aliphatic rings. The Bertz CT molecular complexity index is 409. The van der Waals surface area contributed by atoms with Crippen LogP contribution in [0, 0.1) is 5.92 Å². The minimum Gasteiger partial charge on any atom is -0.373 e. The number of anilines is 2. The van der Waals surface area contributed by atoms with Crippen molar-refractivity contribution < 1.29 is 0 Å². The van der Waals surface area contributed by atoms with E-state index in [1.807, 2.05) is 19.4 Å². The van der Waals surface area contributed by atoms with Gasteiger partial charge in [0.15, 0.2) is 5.16 Å². The second kappa shape index (κ2) is 7.13. The van der Waals surface area contributed by atoms with Crippen molar-refractivity contribution >= 4 is 23.4 Å². The Morgan fingerprint density at radius 2 is 2.10 bits per heavy atom. The Labute approximate surface area is 126 Å². The van der Waals surface area contributed by atoms with Crippen molar-refractivity contribution in [1.82, 2.24) is 14.9 Å². The van der Waals surface area contributed by atoms with Gasteiger partial charge in [-0.1, -0.05) is 11.8 Å². The fraction of sp³-hybridized carbons (Fsp3) is 0.714. The van der Waals surface area contributed by atoms with Crippen LogP contribution in [0.15, 0.2) is 11.2 Å². The third-order valence-corrected chi connectivity index (χ3v) is 4.44. The van der Waals surface area contributed by atoms with Gasteiger partial charge in [-0.25, -0.2) is 9.97 Å². The molecule has 1 saturated heterocycles. The highest BCUT2D eigenvalue weighted by Crippen LogP contribution is 2.22. The average Bonchev–Trinajstić information content (AvgIpc) is 2.48. The number of nitrogens with one attached hydrogen (secondary N) is 1. The first-order chi connectivity index (χ1) is 9.62. The number of aromatic nitrogens is 2. The molecule has 0 bridgehead atoms. The van der Waals surface area contributed by atoms with Crippen molar-refractivity contribution in [2.45, 2.75) is 18.0 Å². The monoisotopic (exact) mass is 295 g/mol. The fourth-order valence-corrected chi connectivity index (χ4v) is 2.93. The Kier molecular flexibility index (Phi) is 5.48. The molecule has 1 aromatic rings. The molecule has 6 heteroatoms. The third-order valence-electron chi connectivity index (χ3n) is 3.89. The van der Waals surface area contributed by atoms with E-state index in [1.54, 1.807) is 11.8 Å². The van der Waals surface area contributed by atoms with Crippen LogP contribution in [-0.4, -0.2) is 61.9 Å². The van der Waals surface area contributed by atoms with Crippen LogP contribution in [0.4, 0.5) is 11.6 Å². The number of piperidine rings is 1. The lowest BCUT2D eigenvalue weighted by molar-refractivity contribution is 0.222. The van der Waals surface area contributed by atoms with E-state index >= 15 is 0 Å². The smallest absolute Gasteiger partial charge is 0.191 e. The van der Waals surface area contributed by atoms with Gasteiger partial charge >= 0.3 is 0 Å². The van der Waals surface area contributed by atoms with Crippen molar-refractivity contribution in [3.8, 4) is 0 Å². The summed E-state index contributed by atoms with van der Waals surface area (Å²) in [6.07, 6.45) is 4.57. The van der Waals surface area contributed by atoms with Crippen LogP contribution in [0.5, 0.6) is 0 Å². The molecule has 0 spiro atoms. The zero-order valence-corrected chi connectivity index (χ0v) is 13.7. The second-order valence-electron chi connectivity index (χ2n) is 5.48. The topological polar surface area (TPSA) is 44.3 Å². The maximum absolute atomic E-state index is 4.61. The molecule has 0 aliphatic carbocycles. The van der Waals surface area contributed by atoms with Crippen LogP contribution < -0.4 is 10.2 Å². The zero-order valence-electron chi connectivity index (χ0n) is 12.9. The van der Waals surface area contributed by atoms with Crippen LogP contribution in [-0.2, 0) is 0 Å². The van der Waals surface area contributed by atoms with Gasteiger partial charge in [0.2, 0.25) is 0 Å². The van der Waals surface area contributed by atoms with E-state index in [9.17, 15) is 0 Å².